The zero-order chi connectivity index (χ0) is 11.0. The van der Waals surface area contributed by atoms with Crippen molar-refractivity contribution in [3.8, 4) is 11.5 Å². The van der Waals surface area contributed by atoms with Crippen molar-refractivity contribution in [1.82, 2.24) is 0 Å². The van der Waals surface area contributed by atoms with Crippen LogP contribution >= 0.6 is 0 Å². The van der Waals surface area contributed by atoms with Gasteiger partial charge >= 0.3 is 5.97 Å². The Morgan fingerprint density at radius 2 is 2.00 bits per heavy atom. The third-order valence-electron chi connectivity index (χ3n) is 2.50. The molecule has 0 saturated carbocycles. The first-order valence-electron chi connectivity index (χ1n) is 4.65. The molecule has 1 aromatic rings. The molecule has 2 rings (SSSR count). The van der Waals surface area contributed by atoms with Gasteiger partial charge in [0.1, 0.15) is 11.7 Å². The summed E-state index contributed by atoms with van der Waals surface area (Å²) in [4.78, 5) is 11.6. The quantitative estimate of drug-likeness (QED) is 0.696. The Morgan fingerprint density at radius 3 is 2.60 bits per heavy atom. The van der Waals surface area contributed by atoms with Gasteiger partial charge < -0.3 is 14.2 Å². The molecule has 0 amide bonds. The summed E-state index contributed by atoms with van der Waals surface area (Å²) in [6, 6.07) is 3.60. The molecule has 1 heterocycles. The maximum absolute atomic E-state index is 11.6. The Hall–Kier alpha value is -1.71. The Morgan fingerprint density at radius 1 is 1.27 bits per heavy atom. The van der Waals surface area contributed by atoms with Crippen LogP contribution in [0.25, 0.3) is 0 Å². The lowest BCUT2D eigenvalue weighted by Crippen LogP contribution is -2.00. The summed E-state index contributed by atoms with van der Waals surface area (Å²) in [7, 11) is 3.04. The SMILES string of the molecule is COc1ccc2c(c1OC)C(=O)OC2C. The average Bonchev–Trinajstić information content (AvgIpc) is 2.53. The van der Waals surface area contributed by atoms with Crippen LogP contribution in [0.3, 0.4) is 0 Å². The van der Waals surface area contributed by atoms with Gasteiger partial charge in [0.25, 0.3) is 0 Å². The Bertz CT molecular complexity index is 411. The summed E-state index contributed by atoms with van der Waals surface area (Å²) in [5.41, 5.74) is 1.32. The second-order valence-electron chi connectivity index (χ2n) is 3.31. The molecule has 4 nitrogen and oxygen atoms in total. The highest BCUT2D eigenvalue weighted by molar-refractivity contribution is 5.98. The topological polar surface area (TPSA) is 44.8 Å². The molecule has 0 aromatic heterocycles. The van der Waals surface area contributed by atoms with Crippen LogP contribution < -0.4 is 9.47 Å². The summed E-state index contributed by atoms with van der Waals surface area (Å²) in [5.74, 6) is 0.639. The van der Waals surface area contributed by atoms with Gasteiger partial charge in [-0.1, -0.05) is 6.07 Å². The van der Waals surface area contributed by atoms with Crippen molar-refractivity contribution >= 4 is 5.97 Å². The second kappa shape index (κ2) is 3.46. The van der Waals surface area contributed by atoms with Crippen molar-refractivity contribution in [2.45, 2.75) is 13.0 Å². The molecule has 4 heteroatoms. The van der Waals surface area contributed by atoms with E-state index >= 15 is 0 Å². The Kier molecular flexibility index (Phi) is 2.26. The lowest BCUT2D eigenvalue weighted by molar-refractivity contribution is 0.0420. The normalized spacial score (nSPS) is 18.3. The maximum atomic E-state index is 11.6. The number of cyclic esters (lactones) is 1. The predicted octanol–water partition coefficient (Wildman–Crippen LogP) is 1.94. The van der Waals surface area contributed by atoms with E-state index in [-0.39, 0.29) is 12.1 Å². The summed E-state index contributed by atoms with van der Waals surface area (Å²) in [6.07, 6.45) is -0.215. The van der Waals surface area contributed by atoms with Gasteiger partial charge in [0, 0.05) is 5.56 Å². The standard InChI is InChI=1S/C11H12O4/c1-6-7-4-5-8(13-2)10(14-3)9(7)11(12)15-6/h4-6H,1-3H3. The monoisotopic (exact) mass is 208 g/mol. The van der Waals surface area contributed by atoms with Crippen molar-refractivity contribution in [3.05, 3.63) is 23.3 Å². The van der Waals surface area contributed by atoms with Crippen LogP contribution in [0, 0.1) is 0 Å². The minimum absolute atomic E-state index is 0.215. The molecule has 0 radical (unpaired) electrons. The second-order valence-corrected chi connectivity index (χ2v) is 3.31. The number of carbonyl (C=O) groups excluding carboxylic acids is 1. The molecule has 0 spiro atoms. The van der Waals surface area contributed by atoms with Gasteiger partial charge in [0.15, 0.2) is 11.5 Å². The lowest BCUT2D eigenvalue weighted by Gasteiger charge is -2.09. The number of benzene rings is 1. The molecular weight excluding hydrogens is 196 g/mol. The van der Waals surface area contributed by atoms with E-state index in [1.807, 2.05) is 13.0 Å². The number of methoxy groups -OCH3 is 2. The maximum Gasteiger partial charge on any atom is 0.343 e. The summed E-state index contributed by atoms with van der Waals surface area (Å²) < 4.78 is 15.4. The highest BCUT2D eigenvalue weighted by atomic mass is 16.6. The molecule has 0 bridgehead atoms. The van der Waals surface area contributed by atoms with Crippen LogP contribution in [0.1, 0.15) is 28.9 Å². The van der Waals surface area contributed by atoms with E-state index in [0.717, 1.165) is 5.56 Å². The zero-order valence-corrected chi connectivity index (χ0v) is 8.87. The number of fused-ring (bicyclic) bond motifs is 1. The van der Waals surface area contributed by atoms with Crippen molar-refractivity contribution in [1.29, 1.82) is 0 Å². The molecule has 15 heavy (non-hydrogen) atoms. The Balaban J connectivity index is 2.65. The van der Waals surface area contributed by atoms with Crippen molar-refractivity contribution < 1.29 is 19.0 Å². The molecule has 1 aliphatic heterocycles. The molecule has 1 atom stereocenters. The number of carbonyl (C=O) groups is 1. The van der Waals surface area contributed by atoms with Crippen LogP contribution in [-0.2, 0) is 4.74 Å². The van der Waals surface area contributed by atoms with Crippen LogP contribution in [0.15, 0.2) is 12.1 Å². The first-order chi connectivity index (χ1) is 7.19. The van der Waals surface area contributed by atoms with E-state index < -0.39 is 0 Å². The minimum atomic E-state index is -0.353. The molecule has 0 fully saturated rings. The number of hydrogen-bond donors (Lipinski definition) is 0. The molecule has 0 aliphatic carbocycles. The van der Waals surface area contributed by atoms with E-state index in [1.54, 1.807) is 6.07 Å². The van der Waals surface area contributed by atoms with E-state index in [4.69, 9.17) is 14.2 Å². The molecule has 1 aliphatic rings. The van der Waals surface area contributed by atoms with Gasteiger partial charge in [-0.05, 0) is 13.0 Å². The highest BCUT2D eigenvalue weighted by Crippen LogP contribution is 2.41. The van der Waals surface area contributed by atoms with E-state index in [9.17, 15) is 4.79 Å². The largest absolute Gasteiger partial charge is 0.493 e. The van der Waals surface area contributed by atoms with Crippen LogP contribution in [-0.4, -0.2) is 20.2 Å². The fourth-order valence-electron chi connectivity index (χ4n) is 1.77. The Labute approximate surface area is 87.8 Å². The smallest absolute Gasteiger partial charge is 0.343 e. The molecule has 0 saturated heterocycles. The third kappa shape index (κ3) is 1.33. The first kappa shape index (κ1) is 9.83. The van der Waals surface area contributed by atoms with Gasteiger partial charge in [0.2, 0.25) is 0 Å². The van der Waals surface area contributed by atoms with Gasteiger partial charge in [-0.15, -0.1) is 0 Å². The van der Waals surface area contributed by atoms with Gasteiger partial charge in [-0.3, -0.25) is 0 Å². The fraction of sp³-hybridized carbons (Fsp3) is 0.364. The summed E-state index contributed by atoms with van der Waals surface area (Å²) in [5, 5.41) is 0. The van der Waals surface area contributed by atoms with Gasteiger partial charge in [0.05, 0.1) is 14.2 Å². The van der Waals surface area contributed by atoms with Gasteiger partial charge in [-0.2, -0.15) is 0 Å². The average molecular weight is 208 g/mol. The number of esters is 1. The molecule has 0 N–H and O–H groups in total. The fourth-order valence-corrected chi connectivity index (χ4v) is 1.77. The highest BCUT2D eigenvalue weighted by Gasteiger charge is 2.32. The van der Waals surface area contributed by atoms with Crippen molar-refractivity contribution in [2.75, 3.05) is 14.2 Å². The van der Waals surface area contributed by atoms with Crippen LogP contribution in [0.4, 0.5) is 0 Å². The lowest BCUT2D eigenvalue weighted by atomic mass is 10.0. The van der Waals surface area contributed by atoms with E-state index in [0.29, 0.717) is 17.1 Å². The van der Waals surface area contributed by atoms with Crippen molar-refractivity contribution in [3.63, 3.8) is 0 Å². The third-order valence-corrected chi connectivity index (χ3v) is 2.50. The van der Waals surface area contributed by atoms with Crippen molar-refractivity contribution in [2.24, 2.45) is 0 Å². The molecule has 80 valence electrons. The summed E-state index contributed by atoms with van der Waals surface area (Å²) >= 11 is 0. The zero-order valence-electron chi connectivity index (χ0n) is 8.87. The van der Waals surface area contributed by atoms with E-state index in [1.165, 1.54) is 14.2 Å². The molecular formula is C11H12O4. The van der Waals surface area contributed by atoms with E-state index in [2.05, 4.69) is 0 Å². The summed E-state index contributed by atoms with van der Waals surface area (Å²) in [6.45, 7) is 1.83. The van der Waals surface area contributed by atoms with Gasteiger partial charge in [-0.25, -0.2) is 4.79 Å². The van der Waals surface area contributed by atoms with Crippen LogP contribution in [0.2, 0.25) is 0 Å². The minimum Gasteiger partial charge on any atom is -0.493 e. The number of ether oxygens (including phenoxy) is 3. The molecule has 1 unspecified atom stereocenters. The molecule has 1 aromatic carbocycles. The first-order valence-corrected chi connectivity index (χ1v) is 4.65. The van der Waals surface area contributed by atoms with Crippen LogP contribution in [0.5, 0.6) is 11.5 Å². The number of hydrogen-bond acceptors (Lipinski definition) is 4. The predicted molar refractivity (Wildman–Crippen MR) is 53.4 cm³/mol. The number of rotatable bonds is 2.